The number of imidazole rings is 1. The van der Waals surface area contributed by atoms with Crippen molar-refractivity contribution in [3.8, 4) is 0 Å². The zero-order valence-electron chi connectivity index (χ0n) is 11.0. The van der Waals surface area contributed by atoms with Gasteiger partial charge in [-0.1, -0.05) is 12.1 Å². The fourth-order valence-electron chi connectivity index (χ4n) is 1.84. The average molecular weight is 301 g/mol. The highest BCUT2D eigenvalue weighted by Crippen LogP contribution is 2.11. The third-order valence-corrected chi connectivity index (χ3v) is 3.65. The van der Waals surface area contributed by atoms with Gasteiger partial charge >= 0.3 is 0 Å². The summed E-state index contributed by atoms with van der Waals surface area (Å²) in [5, 5.41) is 4.71. The molecule has 0 spiro atoms. The Morgan fingerprint density at radius 3 is 2.95 bits per heavy atom. The molecule has 0 unspecified atom stereocenters. The minimum Gasteiger partial charge on any atom is -0.347 e. The molecule has 1 N–H and O–H groups in total. The molecule has 2 heterocycles. The van der Waals surface area contributed by atoms with Crippen molar-refractivity contribution in [1.82, 2.24) is 14.7 Å². The highest BCUT2D eigenvalue weighted by molar-refractivity contribution is 7.15. The summed E-state index contributed by atoms with van der Waals surface area (Å²) >= 11 is 1.55. The lowest BCUT2D eigenvalue weighted by Crippen LogP contribution is -2.20. The van der Waals surface area contributed by atoms with Gasteiger partial charge in [-0.3, -0.25) is 9.20 Å². The van der Waals surface area contributed by atoms with Crippen LogP contribution in [0, 0.1) is 5.82 Å². The SMILES string of the molecule is O=C(/C=C/c1ccc(F)cc1)NCc1cn2ccsc2n1. The Hall–Kier alpha value is -2.47. The Morgan fingerprint density at radius 2 is 2.19 bits per heavy atom. The molecule has 6 heteroatoms. The minimum absolute atomic E-state index is 0.212. The number of amides is 1. The van der Waals surface area contributed by atoms with Gasteiger partial charge in [0.1, 0.15) is 5.82 Å². The zero-order chi connectivity index (χ0) is 14.7. The predicted molar refractivity (Wildman–Crippen MR) is 80.3 cm³/mol. The Balaban J connectivity index is 1.56. The van der Waals surface area contributed by atoms with Crippen LogP contribution in [0.4, 0.5) is 4.39 Å². The summed E-state index contributed by atoms with van der Waals surface area (Å²) in [6, 6.07) is 5.94. The maximum atomic E-state index is 12.7. The van der Waals surface area contributed by atoms with E-state index < -0.39 is 0 Å². The Labute approximate surface area is 124 Å². The van der Waals surface area contributed by atoms with Crippen LogP contribution in [0.3, 0.4) is 0 Å². The van der Waals surface area contributed by atoms with Gasteiger partial charge in [0.15, 0.2) is 4.96 Å². The molecule has 0 aliphatic heterocycles. The first-order chi connectivity index (χ1) is 10.2. The number of aromatic nitrogens is 2. The molecule has 0 aliphatic rings. The van der Waals surface area contributed by atoms with Crippen molar-refractivity contribution in [2.75, 3.05) is 0 Å². The Bertz CT molecular complexity index is 760. The highest BCUT2D eigenvalue weighted by Gasteiger charge is 2.03. The van der Waals surface area contributed by atoms with Crippen LogP contribution in [0.25, 0.3) is 11.0 Å². The van der Waals surface area contributed by atoms with Crippen LogP contribution in [-0.2, 0) is 11.3 Å². The lowest BCUT2D eigenvalue weighted by molar-refractivity contribution is -0.116. The molecule has 0 saturated heterocycles. The second kappa shape index (κ2) is 5.88. The summed E-state index contributed by atoms with van der Waals surface area (Å²) < 4.78 is 14.7. The number of nitrogens with one attached hydrogen (secondary N) is 1. The molecule has 106 valence electrons. The number of nitrogens with zero attached hydrogens (tertiary/aromatic N) is 2. The number of hydrogen-bond acceptors (Lipinski definition) is 3. The number of halogens is 1. The van der Waals surface area contributed by atoms with E-state index in [1.165, 1.54) is 18.2 Å². The number of thiazole rings is 1. The number of fused-ring (bicyclic) bond motifs is 1. The summed E-state index contributed by atoms with van der Waals surface area (Å²) in [5.74, 6) is -0.507. The number of carbonyl (C=O) groups is 1. The van der Waals surface area contributed by atoms with Crippen molar-refractivity contribution in [2.24, 2.45) is 0 Å². The van der Waals surface area contributed by atoms with E-state index in [1.54, 1.807) is 29.5 Å². The third kappa shape index (κ3) is 3.35. The Morgan fingerprint density at radius 1 is 1.38 bits per heavy atom. The summed E-state index contributed by atoms with van der Waals surface area (Å²) in [7, 11) is 0. The normalized spacial score (nSPS) is 11.3. The maximum absolute atomic E-state index is 12.7. The van der Waals surface area contributed by atoms with E-state index in [1.807, 2.05) is 22.2 Å². The van der Waals surface area contributed by atoms with Gasteiger partial charge in [0.25, 0.3) is 0 Å². The summed E-state index contributed by atoms with van der Waals surface area (Å²) in [6.07, 6.45) is 6.87. The lowest BCUT2D eigenvalue weighted by atomic mass is 10.2. The van der Waals surface area contributed by atoms with Gasteiger partial charge < -0.3 is 5.32 Å². The van der Waals surface area contributed by atoms with Crippen molar-refractivity contribution in [2.45, 2.75) is 6.54 Å². The third-order valence-electron chi connectivity index (χ3n) is 2.88. The van der Waals surface area contributed by atoms with Crippen LogP contribution in [0.2, 0.25) is 0 Å². The number of hydrogen-bond donors (Lipinski definition) is 1. The van der Waals surface area contributed by atoms with Crippen LogP contribution in [0.15, 0.2) is 48.1 Å². The number of carbonyl (C=O) groups excluding carboxylic acids is 1. The standard InChI is InChI=1S/C15H12FN3OS/c16-12-4-1-11(2-5-12)3-6-14(20)17-9-13-10-19-7-8-21-15(19)18-13/h1-8,10H,9H2,(H,17,20)/b6-3+. The molecule has 2 aromatic heterocycles. The van der Waals surface area contributed by atoms with E-state index in [0.717, 1.165) is 16.2 Å². The van der Waals surface area contributed by atoms with Crippen LogP contribution in [0.5, 0.6) is 0 Å². The molecular formula is C15H12FN3OS. The molecule has 0 saturated carbocycles. The smallest absolute Gasteiger partial charge is 0.244 e. The van der Waals surface area contributed by atoms with E-state index in [9.17, 15) is 9.18 Å². The first-order valence-corrected chi connectivity index (χ1v) is 7.21. The summed E-state index contributed by atoms with van der Waals surface area (Å²) in [5.41, 5.74) is 1.58. The molecule has 1 amide bonds. The van der Waals surface area contributed by atoms with Crippen molar-refractivity contribution >= 4 is 28.3 Å². The molecule has 0 atom stereocenters. The summed E-state index contributed by atoms with van der Waals surface area (Å²) in [6.45, 7) is 0.376. The van der Waals surface area contributed by atoms with E-state index in [-0.39, 0.29) is 11.7 Å². The molecule has 3 rings (SSSR count). The Kier molecular flexibility index (Phi) is 3.79. The number of rotatable bonds is 4. The molecule has 3 aromatic rings. The van der Waals surface area contributed by atoms with Gasteiger partial charge in [0.2, 0.25) is 5.91 Å². The molecule has 0 radical (unpaired) electrons. The van der Waals surface area contributed by atoms with Gasteiger partial charge in [-0.15, -0.1) is 11.3 Å². The quantitative estimate of drug-likeness (QED) is 0.753. The second-order valence-corrected chi connectivity index (χ2v) is 5.30. The minimum atomic E-state index is -0.295. The topological polar surface area (TPSA) is 46.4 Å². The molecule has 0 bridgehead atoms. The fourth-order valence-corrected chi connectivity index (χ4v) is 2.56. The van der Waals surface area contributed by atoms with Crippen LogP contribution in [0.1, 0.15) is 11.3 Å². The molecule has 21 heavy (non-hydrogen) atoms. The van der Waals surface area contributed by atoms with Gasteiger partial charge in [-0.2, -0.15) is 0 Å². The van der Waals surface area contributed by atoms with Crippen molar-refractivity contribution < 1.29 is 9.18 Å². The first kappa shape index (κ1) is 13.5. The number of benzene rings is 1. The monoisotopic (exact) mass is 301 g/mol. The second-order valence-electron chi connectivity index (χ2n) is 4.43. The van der Waals surface area contributed by atoms with E-state index in [2.05, 4.69) is 10.3 Å². The van der Waals surface area contributed by atoms with Crippen LogP contribution >= 0.6 is 11.3 Å². The van der Waals surface area contributed by atoms with Crippen molar-refractivity contribution in [3.63, 3.8) is 0 Å². The van der Waals surface area contributed by atoms with E-state index in [0.29, 0.717) is 6.54 Å². The molecule has 0 fully saturated rings. The first-order valence-electron chi connectivity index (χ1n) is 6.33. The molecular weight excluding hydrogens is 289 g/mol. The maximum Gasteiger partial charge on any atom is 0.244 e. The largest absolute Gasteiger partial charge is 0.347 e. The fraction of sp³-hybridized carbons (Fsp3) is 0.0667. The van der Waals surface area contributed by atoms with Crippen LogP contribution < -0.4 is 5.32 Å². The van der Waals surface area contributed by atoms with Gasteiger partial charge in [-0.05, 0) is 23.8 Å². The van der Waals surface area contributed by atoms with Crippen molar-refractivity contribution in [1.29, 1.82) is 0 Å². The van der Waals surface area contributed by atoms with Crippen molar-refractivity contribution in [3.05, 3.63) is 65.2 Å². The molecule has 1 aromatic carbocycles. The molecule has 4 nitrogen and oxygen atoms in total. The van der Waals surface area contributed by atoms with Crippen LogP contribution in [-0.4, -0.2) is 15.3 Å². The molecule has 0 aliphatic carbocycles. The zero-order valence-corrected chi connectivity index (χ0v) is 11.8. The average Bonchev–Trinajstić information content (AvgIpc) is 3.05. The highest BCUT2D eigenvalue weighted by atomic mass is 32.1. The lowest BCUT2D eigenvalue weighted by Gasteiger charge is -1.98. The van der Waals surface area contributed by atoms with Gasteiger partial charge in [0.05, 0.1) is 12.2 Å². The summed E-state index contributed by atoms with van der Waals surface area (Å²) in [4.78, 5) is 17.0. The van der Waals surface area contributed by atoms with Gasteiger partial charge in [-0.25, -0.2) is 9.37 Å². The van der Waals surface area contributed by atoms with E-state index in [4.69, 9.17) is 0 Å². The van der Waals surface area contributed by atoms with Gasteiger partial charge in [0, 0.05) is 23.8 Å². The predicted octanol–water partition coefficient (Wildman–Crippen LogP) is 2.86. The van der Waals surface area contributed by atoms with E-state index >= 15 is 0 Å².